The molecule has 0 aliphatic heterocycles. The van der Waals surface area contributed by atoms with Gasteiger partial charge < -0.3 is 19.8 Å². The van der Waals surface area contributed by atoms with Crippen LogP contribution in [0.2, 0.25) is 10.3 Å². The van der Waals surface area contributed by atoms with E-state index in [0.717, 1.165) is 6.07 Å². The molecule has 0 aliphatic carbocycles. The Bertz CT molecular complexity index is 383. The van der Waals surface area contributed by atoms with E-state index in [2.05, 4.69) is 4.98 Å². The summed E-state index contributed by atoms with van der Waals surface area (Å²) >= 11 is 10.7. The Balaban J connectivity index is 3.42. The van der Waals surface area contributed by atoms with Gasteiger partial charge in [-0.3, -0.25) is 0 Å². The lowest BCUT2D eigenvalue weighted by atomic mass is 10.2. The molecule has 0 aliphatic rings. The summed E-state index contributed by atoms with van der Waals surface area (Å²) in [5.74, 6) is -3.27. The van der Waals surface area contributed by atoms with Gasteiger partial charge in [0.2, 0.25) is 0 Å². The number of carboxylic acid groups (broad SMARTS) is 2. The summed E-state index contributed by atoms with van der Waals surface area (Å²) in [5.41, 5.74) is -1.09. The van der Waals surface area contributed by atoms with Crippen LogP contribution >= 0.6 is 23.2 Å². The fourth-order valence-corrected chi connectivity index (χ4v) is 1.23. The summed E-state index contributed by atoms with van der Waals surface area (Å²) in [6.45, 7) is 0. The maximum atomic E-state index is 10.4. The number of aromatic nitrogens is 1. The van der Waals surface area contributed by atoms with Crippen molar-refractivity contribution >= 4 is 35.1 Å². The van der Waals surface area contributed by atoms with Gasteiger partial charge in [-0.25, -0.2) is 4.98 Å². The molecule has 74 valence electrons. The zero-order valence-corrected chi connectivity index (χ0v) is 7.93. The van der Waals surface area contributed by atoms with Crippen LogP contribution in [0, 0.1) is 0 Å². The van der Waals surface area contributed by atoms with Crippen LogP contribution in [0.1, 0.15) is 20.7 Å². The van der Waals surface area contributed by atoms with E-state index in [1.54, 1.807) is 0 Å². The van der Waals surface area contributed by atoms with E-state index in [-0.39, 0.29) is 0 Å². The summed E-state index contributed by atoms with van der Waals surface area (Å²) in [7, 11) is 0. The van der Waals surface area contributed by atoms with Gasteiger partial charge in [-0.05, 0) is 6.07 Å². The molecule has 1 aromatic heterocycles. The Labute approximate surface area is 87.9 Å². The van der Waals surface area contributed by atoms with Crippen LogP contribution in [0.25, 0.3) is 0 Å². The van der Waals surface area contributed by atoms with Crippen LogP contribution < -0.4 is 10.2 Å². The summed E-state index contributed by atoms with van der Waals surface area (Å²) in [5, 5.41) is 20.0. The van der Waals surface area contributed by atoms with Crippen LogP contribution in [0.4, 0.5) is 0 Å². The topological polar surface area (TPSA) is 93.1 Å². The highest BCUT2D eigenvalue weighted by molar-refractivity contribution is 6.35. The molecule has 14 heavy (non-hydrogen) atoms. The fraction of sp³-hybridized carbons (Fsp3) is 0. The minimum Gasteiger partial charge on any atom is -0.545 e. The summed E-state index contributed by atoms with van der Waals surface area (Å²) in [4.78, 5) is 24.1. The van der Waals surface area contributed by atoms with Crippen LogP contribution in [-0.4, -0.2) is 16.9 Å². The molecule has 0 radical (unpaired) electrons. The third-order valence-electron chi connectivity index (χ3n) is 1.37. The number of carboxylic acids is 2. The minimum atomic E-state index is -1.64. The largest absolute Gasteiger partial charge is 0.545 e. The molecule has 0 bridgehead atoms. The third kappa shape index (κ3) is 1.94. The molecule has 0 amide bonds. The van der Waals surface area contributed by atoms with E-state index >= 15 is 0 Å². The number of rotatable bonds is 2. The summed E-state index contributed by atoms with van der Waals surface area (Å²) in [6, 6.07) is 0.738. The zero-order valence-electron chi connectivity index (χ0n) is 6.41. The molecule has 0 fully saturated rings. The maximum Gasteiger partial charge on any atom is 0.139 e. The summed E-state index contributed by atoms with van der Waals surface area (Å²) < 4.78 is 0. The Kier molecular flexibility index (Phi) is 2.93. The Morgan fingerprint density at radius 3 is 1.71 bits per heavy atom. The number of nitrogens with zero attached hydrogens (tertiary/aromatic N) is 1. The molecular weight excluding hydrogens is 233 g/mol. The first kappa shape index (κ1) is 10.7. The monoisotopic (exact) mass is 233 g/mol. The van der Waals surface area contributed by atoms with Gasteiger partial charge in [0, 0.05) is 11.1 Å². The van der Waals surface area contributed by atoms with Crippen molar-refractivity contribution in [3.8, 4) is 0 Å². The van der Waals surface area contributed by atoms with Gasteiger partial charge in [-0.2, -0.15) is 0 Å². The van der Waals surface area contributed by atoms with Gasteiger partial charge in [0.1, 0.15) is 10.3 Å². The van der Waals surface area contributed by atoms with Gasteiger partial charge in [-0.1, -0.05) is 23.2 Å². The van der Waals surface area contributed by atoms with Crippen molar-refractivity contribution in [2.24, 2.45) is 0 Å². The Morgan fingerprint density at radius 2 is 1.43 bits per heavy atom. The quantitative estimate of drug-likeness (QED) is 0.619. The van der Waals surface area contributed by atoms with Gasteiger partial charge >= 0.3 is 0 Å². The number of pyridine rings is 1. The first-order chi connectivity index (χ1) is 6.43. The fourth-order valence-electron chi connectivity index (χ4n) is 0.756. The molecule has 0 saturated heterocycles. The van der Waals surface area contributed by atoms with Crippen molar-refractivity contribution in [3.05, 3.63) is 27.5 Å². The number of halogens is 2. The van der Waals surface area contributed by atoms with Crippen molar-refractivity contribution in [1.82, 2.24) is 4.98 Å². The lowest BCUT2D eigenvalue weighted by molar-refractivity contribution is -0.255. The van der Waals surface area contributed by atoms with E-state index in [1.165, 1.54) is 0 Å². The smallest absolute Gasteiger partial charge is 0.139 e. The molecule has 7 heteroatoms. The van der Waals surface area contributed by atoms with Gasteiger partial charge in [0.05, 0.1) is 11.9 Å². The van der Waals surface area contributed by atoms with E-state index < -0.39 is 33.4 Å². The number of aromatic carboxylic acids is 2. The summed E-state index contributed by atoms with van der Waals surface area (Å²) in [6.07, 6.45) is 0. The first-order valence-corrected chi connectivity index (χ1v) is 3.97. The molecular formula is C7HCl2NO4-2. The zero-order chi connectivity index (χ0) is 10.9. The number of carbonyl (C=O) groups is 2. The van der Waals surface area contributed by atoms with Gasteiger partial charge in [0.25, 0.3) is 0 Å². The number of hydrogen-bond acceptors (Lipinski definition) is 5. The van der Waals surface area contributed by atoms with E-state index in [4.69, 9.17) is 23.2 Å². The molecule has 1 heterocycles. The van der Waals surface area contributed by atoms with Crippen LogP contribution in [0.15, 0.2) is 6.07 Å². The second-order valence-corrected chi connectivity index (χ2v) is 2.96. The highest BCUT2D eigenvalue weighted by Crippen LogP contribution is 2.20. The van der Waals surface area contributed by atoms with Crippen molar-refractivity contribution in [2.75, 3.05) is 0 Å². The molecule has 0 spiro atoms. The lowest BCUT2D eigenvalue weighted by Crippen LogP contribution is -2.26. The van der Waals surface area contributed by atoms with Crippen LogP contribution in [-0.2, 0) is 0 Å². The van der Waals surface area contributed by atoms with Crippen molar-refractivity contribution in [2.45, 2.75) is 0 Å². The number of hydrogen-bond donors (Lipinski definition) is 0. The molecule has 0 unspecified atom stereocenters. The molecule has 0 aromatic carbocycles. The highest BCUT2D eigenvalue weighted by Gasteiger charge is 2.10. The normalized spacial score (nSPS) is 9.86. The molecule has 1 aromatic rings. The highest BCUT2D eigenvalue weighted by atomic mass is 35.5. The first-order valence-electron chi connectivity index (χ1n) is 3.22. The average molecular weight is 234 g/mol. The van der Waals surface area contributed by atoms with Crippen molar-refractivity contribution in [1.29, 1.82) is 0 Å². The standard InChI is InChI=1S/C7H3Cl2NO4/c8-4-2(6(11)12)1-3(7(13)14)5(9)10-4/h1H,(H,11,12)(H,13,14)/p-2. The molecule has 0 atom stereocenters. The lowest BCUT2D eigenvalue weighted by Gasteiger charge is -2.09. The van der Waals surface area contributed by atoms with E-state index in [1.807, 2.05) is 0 Å². The average Bonchev–Trinajstić information content (AvgIpc) is 2.02. The van der Waals surface area contributed by atoms with Gasteiger partial charge in [0.15, 0.2) is 0 Å². The molecule has 0 saturated carbocycles. The Morgan fingerprint density at radius 1 is 1.07 bits per heavy atom. The SMILES string of the molecule is O=C([O-])c1cc(C(=O)[O-])c(Cl)nc1Cl. The van der Waals surface area contributed by atoms with E-state index in [0.29, 0.717) is 0 Å². The predicted molar refractivity (Wildman–Crippen MR) is 42.9 cm³/mol. The van der Waals surface area contributed by atoms with Crippen molar-refractivity contribution < 1.29 is 19.8 Å². The predicted octanol–water partition coefficient (Wildman–Crippen LogP) is -0.885. The van der Waals surface area contributed by atoms with Gasteiger partial charge in [-0.15, -0.1) is 0 Å². The molecule has 0 N–H and O–H groups in total. The Hall–Kier alpha value is -1.33. The third-order valence-corrected chi connectivity index (χ3v) is 1.95. The van der Waals surface area contributed by atoms with Crippen LogP contribution in [0.5, 0.6) is 0 Å². The number of carbonyl (C=O) groups excluding carboxylic acids is 2. The maximum absolute atomic E-state index is 10.4. The van der Waals surface area contributed by atoms with Crippen molar-refractivity contribution in [3.63, 3.8) is 0 Å². The second kappa shape index (κ2) is 3.81. The van der Waals surface area contributed by atoms with E-state index in [9.17, 15) is 19.8 Å². The molecule has 5 nitrogen and oxygen atoms in total. The molecule has 1 rings (SSSR count). The minimum absolute atomic E-state index is 0.431. The second-order valence-electron chi connectivity index (χ2n) is 2.24. The van der Waals surface area contributed by atoms with Crippen LogP contribution in [0.3, 0.4) is 0 Å².